The van der Waals surface area contributed by atoms with Crippen LogP contribution in [0.15, 0.2) is 18.2 Å². The number of anilines is 1. The largest absolute Gasteiger partial charge is 0.497 e. The lowest BCUT2D eigenvalue weighted by molar-refractivity contribution is -0.116. The van der Waals surface area contributed by atoms with E-state index in [1.807, 2.05) is 0 Å². The summed E-state index contributed by atoms with van der Waals surface area (Å²) in [7, 11) is 3.16. The Balaban J connectivity index is 2.56. The molecule has 0 bridgehead atoms. The molecule has 1 aromatic carbocycles. The van der Waals surface area contributed by atoms with Crippen molar-refractivity contribution < 1.29 is 14.3 Å². The number of benzene rings is 1. The second-order valence-corrected chi connectivity index (χ2v) is 4.63. The topological polar surface area (TPSA) is 59.6 Å². The zero-order valence-electron chi connectivity index (χ0n) is 12.7. The fourth-order valence-corrected chi connectivity index (χ4v) is 1.70. The van der Waals surface area contributed by atoms with Crippen molar-refractivity contribution in [3.05, 3.63) is 18.2 Å². The second-order valence-electron chi connectivity index (χ2n) is 4.63. The van der Waals surface area contributed by atoms with Crippen LogP contribution in [0, 0.1) is 0 Å². The molecule has 0 saturated carbocycles. The van der Waals surface area contributed by atoms with Gasteiger partial charge in [0.2, 0.25) is 5.91 Å². The summed E-state index contributed by atoms with van der Waals surface area (Å²) < 4.78 is 10.4. The molecule has 0 saturated heterocycles. The molecule has 1 unspecified atom stereocenters. The number of hydrogen-bond acceptors (Lipinski definition) is 4. The van der Waals surface area contributed by atoms with E-state index in [2.05, 4.69) is 24.5 Å². The molecule has 0 fully saturated rings. The van der Waals surface area contributed by atoms with E-state index in [0.29, 0.717) is 36.2 Å². The first-order chi connectivity index (χ1) is 9.60. The maximum absolute atomic E-state index is 11.9. The molecule has 1 amide bonds. The summed E-state index contributed by atoms with van der Waals surface area (Å²) in [4.78, 5) is 11.9. The Morgan fingerprint density at radius 3 is 2.65 bits per heavy atom. The van der Waals surface area contributed by atoms with E-state index >= 15 is 0 Å². The Kier molecular flexibility index (Phi) is 6.87. The lowest BCUT2D eigenvalue weighted by Gasteiger charge is -2.13. The Hall–Kier alpha value is -1.75. The third kappa shape index (κ3) is 5.09. The lowest BCUT2D eigenvalue weighted by atomic mass is 10.2. The number of rotatable bonds is 8. The van der Waals surface area contributed by atoms with Crippen LogP contribution < -0.4 is 20.1 Å². The Morgan fingerprint density at radius 2 is 2.05 bits per heavy atom. The second kappa shape index (κ2) is 8.43. The van der Waals surface area contributed by atoms with Crippen LogP contribution in [0.4, 0.5) is 5.69 Å². The van der Waals surface area contributed by atoms with Gasteiger partial charge in [-0.25, -0.2) is 0 Å². The number of carbonyl (C=O) groups is 1. The highest BCUT2D eigenvalue weighted by Crippen LogP contribution is 2.28. The van der Waals surface area contributed by atoms with Gasteiger partial charge in [-0.2, -0.15) is 0 Å². The van der Waals surface area contributed by atoms with Crippen molar-refractivity contribution in [1.82, 2.24) is 5.32 Å². The first-order valence-electron chi connectivity index (χ1n) is 6.86. The number of ether oxygens (including phenoxy) is 2. The van der Waals surface area contributed by atoms with Crippen LogP contribution in [0.5, 0.6) is 11.5 Å². The maximum Gasteiger partial charge on any atom is 0.225 e. The zero-order chi connectivity index (χ0) is 15.0. The third-order valence-electron chi connectivity index (χ3n) is 3.14. The van der Waals surface area contributed by atoms with Crippen LogP contribution in [0.1, 0.15) is 26.7 Å². The average Bonchev–Trinajstić information content (AvgIpc) is 2.46. The van der Waals surface area contributed by atoms with Crippen molar-refractivity contribution in [2.75, 3.05) is 26.1 Å². The molecule has 0 spiro atoms. The minimum atomic E-state index is -0.0487. The third-order valence-corrected chi connectivity index (χ3v) is 3.14. The van der Waals surface area contributed by atoms with Gasteiger partial charge < -0.3 is 20.1 Å². The minimum Gasteiger partial charge on any atom is -0.497 e. The van der Waals surface area contributed by atoms with Crippen LogP contribution in [0.2, 0.25) is 0 Å². The molecule has 2 N–H and O–H groups in total. The minimum absolute atomic E-state index is 0.0487. The van der Waals surface area contributed by atoms with Crippen molar-refractivity contribution in [3.63, 3.8) is 0 Å². The van der Waals surface area contributed by atoms with Crippen molar-refractivity contribution in [2.45, 2.75) is 32.7 Å². The fourth-order valence-electron chi connectivity index (χ4n) is 1.70. The molecule has 0 aromatic heterocycles. The lowest BCUT2D eigenvalue weighted by Crippen LogP contribution is -2.29. The van der Waals surface area contributed by atoms with Gasteiger partial charge in [-0.15, -0.1) is 0 Å². The molecule has 1 rings (SSSR count). The van der Waals surface area contributed by atoms with E-state index in [1.165, 1.54) is 0 Å². The molecule has 1 atom stereocenters. The van der Waals surface area contributed by atoms with Crippen LogP contribution in [0.3, 0.4) is 0 Å². The number of carbonyl (C=O) groups excluding carboxylic acids is 1. The number of nitrogens with one attached hydrogen (secondary N) is 2. The highest BCUT2D eigenvalue weighted by Gasteiger charge is 2.09. The number of hydrogen-bond donors (Lipinski definition) is 2. The molecule has 5 heteroatoms. The van der Waals surface area contributed by atoms with Crippen LogP contribution >= 0.6 is 0 Å². The summed E-state index contributed by atoms with van der Waals surface area (Å²) in [6.07, 6.45) is 1.47. The van der Waals surface area contributed by atoms with Crippen LogP contribution in [0.25, 0.3) is 0 Å². The van der Waals surface area contributed by atoms with E-state index < -0.39 is 0 Å². The molecular weight excluding hydrogens is 256 g/mol. The molecule has 20 heavy (non-hydrogen) atoms. The van der Waals surface area contributed by atoms with Gasteiger partial charge in [0.05, 0.1) is 19.9 Å². The standard InChI is InChI=1S/C15H24N2O3/c1-5-11(2)16-9-8-15(18)17-13-10-12(19-3)6-7-14(13)20-4/h6-7,10-11,16H,5,8-9H2,1-4H3,(H,17,18). The highest BCUT2D eigenvalue weighted by atomic mass is 16.5. The van der Waals surface area contributed by atoms with Crippen LogP contribution in [-0.4, -0.2) is 32.7 Å². The quantitative estimate of drug-likeness (QED) is 0.768. The molecule has 5 nitrogen and oxygen atoms in total. The summed E-state index contributed by atoms with van der Waals surface area (Å²) in [6.45, 7) is 4.87. The Morgan fingerprint density at radius 1 is 1.30 bits per heavy atom. The van der Waals surface area contributed by atoms with E-state index in [1.54, 1.807) is 32.4 Å². The van der Waals surface area contributed by atoms with Gasteiger partial charge in [0.25, 0.3) is 0 Å². The van der Waals surface area contributed by atoms with E-state index in [-0.39, 0.29) is 5.91 Å². The van der Waals surface area contributed by atoms with Gasteiger partial charge >= 0.3 is 0 Å². The Bertz CT molecular complexity index is 435. The van der Waals surface area contributed by atoms with Gasteiger partial charge in [0.1, 0.15) is 11.5 Å². The molecule has 0 radical (unpaired) electrons. The van der Waals surface area contributed by atoms with E-state index in [0.717, 1.165) is 6.42 Å². The predicted octanol–water partition coefficient (Wildman–Crippen LogP) is 2.42. The molecule has 0 heterocycles. The Labute approximate surface area is 120 Å². The van der Waals surface area contributed by atoms with Crippen molar-refractivity contribution in [3.8, 4) is 11.5 Å². The van der Waals surface area contributed by atoms with Crippen molar-refractivity contribution in [2.24, 2.45) is 0 Å². The monoisotopic (exact) mass is 280 g/mol. The van der Waals surface area contributed by atoms with Crippen molar-refractivity contribution >= 4 is 11.6 Å². The van der Waals surface area contributed by atoms with Gasteiger partial charge in [0.15, 0.2) is 0 Å². The van der Waals surface area contributed by atoms with Gasteiger partial charge in [0, 0.05) is 25.1 Å². The van der Waals surface area contributed by atoms with Crippen LogP contribution in [-0.2, 0) is 4.79 Å². The maximum atomic E-state index is 11.9. The number of methoxy groups -OCH3 is 2. The van der Waals surface area contributed by atoms with E-state index in [9.17, 15) is 4.79 Å². The first kappa shape index (κ1) is 16.3. The van der Waals surface area contributed by atoms with Gasteiger partial charge in [-0.1, -0.05) is 6.92 Å². The SMILES string of the molecule is CCC(C)NCCC(=O)Nc1cc(OC)ccc1OC. The first-order valence-corrected chi connectivity index (χ1v) is 6.86. The van der Waals surface area contributed by atoms with Crippen molar-refractivity contribution in [1.29, 1.82) is 0 Å². The average molecular weight is 280 g/mol. The van der Waals surface area contributed by atoms with Gasteiger partial charge in [-0.3, -0.25) is 4.79 Å². The highest BCUT2D eigenvalue weighted by molar-refractivity contribution is 5.92. The predicted molar refractivity (Wildman–Crippen MR) is 80.5 cm³/mol. The molecule has 112 valence electrons. The van der Waals surface area contributed by atoms with Gasteiger partial charge in [-0.05, 0) is 25.5 Å². The normalized spacial score (nSPS) is 11.8. The fraction of sp³-hybridized carbons (Fsp3) is 0.533. The number of amides is 1. The smallest absolute Gasteiger partial charge is 0.225 e. The van der Waals surface area contributed by atoms with E-state index in [4.69, 9.17) is 9.47 Å². The summed E-state index contributed by atoms with van der Waals surface area (Å²) in [5.74, 6) is 1.25. The summed E-state index contributed by atoms with van der Waals surface area (Å²) >= 11 is 0. The summed E-state index contributed by atoms with van der Waals surface area (Å²) in [5, 5.41) is 6.13. The molecular formula is C15H24N2O3. The zero-order valence-corrected chi connectivity index (χ0v) is 12.7. The summed E-state index contributed by atoms with van der Waals surface area (Å²) in [6, 6.07) is 5.73. The molecule has 0 aliphatic rings. The molecule has 0 aliphatic carbocycles. The summed E-state index contributed by atoms with van der Waals surface area (Å²) in [5.41, 5.74) is 0.625. The molecule has 0 aliphatic heterocycles. The molecule has 1 aromatic rings.